The van der Waals surface area contributed by atoms with E-state index in [-0.39, 0.29) is 11.5 Å². The van der Waals surface area contributed by atoms with E-state index in [1.807, 2.05) is 4.72 Å². The fraction of sp³-hybridized carbons (Fsp3) is 0.200. The van der Waals surface area contributed by atoms with Crippen LogP contribution >= 0.6 is 0 Å². The van der Waals surface area contributed by atoms with Crippen LogP contribution in [0.25, 0.3) is 0 Å². The topological polar surface area (TPSA) is 64.6 Å². The first kappa shape index (κ1) is 18.8. The second-order valence-electron chi connectivity index (χ2n) is 4.81. The highest BCUT2D eigenvalue weighted by Gasteiger charge is 2.30. The predicted molar refractivity (Wildman–Crippen MR) is 81.8 cm³/mol. The van der Waals surface area contributed by atoms with E-state index in [0.717, 1.165) is 24.3 Å². The molecule has 0 radical (unpaired) electrons. The number of hydrogen-bond donors (Lipinski definition) is 1. The molecular weight excluding hydrogens is 366 g/mol. The summed E-state index contributed by atoms with van der Waals surface area (Å²) in [4.78, 5) is -0.449. The van der Waals surface area contributed by atoms with E-state index >= 15 is 0 Å². The van der Waals surface area contributed by atoms with Gasteiger partial charge in [-0.3, -0.25) is 4.72 Å². The van der Waals surface area contributed by atoms with Crippen molar-refractivity contribution in [2.24, 2.45) is 0 Å². The van der Waals surface area contributed by atoms with Gasteiger partial charge >= 0.3 is 6.18 Å². The number of nitrogens with one attached hydrogen (secondary N) is 1. The number of sulfonamides is 1. The van der Waals surface area contributed by atoms with Crippen molar-refractivity contribution in [3.05, 3.63) is 47.8 Å². The van der Waals surface area contributed by atoms with Crippen LogP contribution in [0.4, 0.5) is 23.2 Å². The Bertz CT molecular complexity index is 864. The lowest BCUT2D eigenvalue weighted by atomic mass is 10.2. The third-order valence-corrected chi connectivity index (χ3v) is 4.59. The van der Waals surface area contributed by atoms with Crippen LogP contribution < -0.4 is 14.2 Å². The first-order valence-electron chi connectivity index (χ1n) is 6.70. The minimum Gasteiger partial charge on any atom is -0.493 e. The lowest BCUT2D eigenvalue weighted by Gasteiger charge is -2.13. The zero-order valence-electron chi connectivity index (χ0n) is 13.0. The first-order valence-corrected chi connectivity index (χ1v) is 8.18. The van der Waals surface area contributed by atoms with E-state index in [9.17, 15) is 26.0 Å². The third-order valence-electron chi connectivity index (χ3n) is 3.21. The number of ether oxygens (including phenoxy) is 2. The number of anilines is 1. The van der Waals surface area contributed by atoms with E-state index < -0.39 is 38.2 Å². The summed E-state index contributed by atoms with van der Waals surface area (Å²) in [5.41, 5.74) is -1.43. The minimum absolute atomic E-state index is 0.0532. The summed E-state index contributed by atoms with van der Waals surface area (Å²) < 4.78 is 87.9. The van der Waals surface area contributed by atoms with Crippen molar-refractivity contribution < 1.29 is 35.5 Å². The Kier molecular flexibility index (Phi) is 5.12. The number of rotatable bonds is 5. The Labute approximate surface area is 141 Å². The van der Waals surface area contributed by atoms with Crippen molar-refractivity contribution in [1.29, 1.82) is 0 Å². The van der Waals surface area contributed by atoms with E-state index in [0.29, 0.717) is 12.1 Å². The summed E-state index contributed by atoms with van der Waals surface area (Å²) in [6.07, 6.45) is -4.59. The van der Waals surface area contributed by atoms with Crippen LogP contribution in [0.1, 0.15) is 5.56 Å². The molecule has 2 aromatic rings. The van der Waals surface area contributed by atoms with Gasteiger partial charge < -0.3 is 9.47 Å². The molecular formula is C15H13F4NO4S. The molecule has 0 spiro atoms. The molecule has 5 nitrogen and oxygen atoms in total. The molecule has 0 amide bonds. The quantitative estimate of drug-likeness (QED) is 0.806. The summed E-state index contributed by atoms with van der Waals surface area (Å²) in [5.74, 6) is -0.806. The van der Waals surface area contributed by atoms with Crippen LogP contribution in [0.5, 0.6) is 11.5 Å². The molecule has 0 unspecified atom stereocenters. The molecule has 136 valence electrons. The SMILES string of the molecule is COc1cc(F)c(NS(=O)(=O)c2ccc(C(F)(F)F)cc2)cc1OC. The Morgan fingerprint density at radius 2 is 1.48 bits per heavy atom. The molecule has 0 aromatic heterocycles. The van der Waals surface area contributed by atoms with Gasteiger partial charge in [-0.05, 0) is 24.3 Å². The van der Waals surface area contributed by atoms with Crippen molar-refractivity contribution in [2.75, 3.05) is 18.9 Å². The van der Waals surface area contributed by atoms with E-state index in [2.05, 4.69) is 0 Å². The van der Waals surface area contributed by atoms with Gasteiger partial charge in [0.2, 0.25) is 0 Å². The number of halogens is 4. The molecule has 0 heterocycles. The van der Waals surface area contributed by atoms with Crippen LogP contribution in [0.15, 0.2) is 41.3 Å². The van der Waals surface area contributed by atoms with Crippen molar-refractivity contribution in [3.8, 4) is 11.5 Å². The van der Waals surface area contributed by atoms with Gasteiger partial charge in [0, 0.05) is 12.1 Å². The first-order chi connectivity index (χ1) is 11.6. The predicted octanol–water partition coefficient (Wildman–Crippen LogP) is 3.66. The molecule has 0 aliphatic heterocycles. The largest absolute Gasteiger partial charge is 0.493 e. The number of benzene rings is 2. The molecule has 0 aliphatic carbocycles. The van der Waals surface area contributed by atoms with Crippen LogP contribution in [-0.2, 0) is 16.2 Å². The maximum atomic E-state index is 14.0. The number of hydrogen-bond acceptors (Lipinski definition) is 4. The second kappa shape index (κ2) is 6.79. The monoisotopic (exact) mass is 379 g/mol. The summed E-state index contributed by atoms with van der Waals surface area (Å²) in [6.45, 7) is 0. The van der Waals surface area contributed by atoms with Gasteiger partial charge in [-0.15, -0.1) is 0 Å². The molecule has 0 atom stereocenters. The molecule has 0 saturated heterocycles. The van der Waals surface area contributed by atoms with Gasteiger partial charge in [-0.25, -0.2) is 12.8 Å². The molecule has 2 rings (SSSR count). The Balaban J connectivity index is 2.36. The van der Waals surface area contributed by atoms with Crippen LogP contribution in [0.2, 0.25) is 0 Å². The Hall–Kier alpha value is -2.49. The zero-order chi connectivity index (χ0) is 18.8. The molecule has 1 N–H and O–H groups in total. The third kappa shape index (κ3) is 4.13. The highest BCUT2D eigenvalue weighted by atomic mass is 32.2. The fourth-order valence-corrected chi connectivity index (χ4v) is 3.02. The van der Waals surface area contributed by atoms with Gasteiger partial charge in [0.1, 0.15) is 0 Å². The maximum absolute atomic E-state index is 14.0. The van der Waals surface area contributed by atoms with Gasteiger partial charge in [0.05, 0.1) is 30.4 Å². The molecule has 25 heavy (non-hydrogen) atoms. The molecule has 0 saturated carbocycles. The summed E-state index contributed by atoms with van der Waals surface area (Å²) in [7, 11) is -1.73. The van der Waals surface area contributed by atoms with Crippen LogP contribution in [0.3, 0.4) is 0 Å². The molecule has 0 bridgehead atoms. The minimum atomic E-state index is -4.59. The smallest absolute Gasteiger partial charge is 0.416 e. The molecule has 0 fully saturated rings. The summed E-state index contributed by atoms with van der Waals surface area (Å²) >= 11 is 0. The molecule has 2 aromatic carbocycles. The lowest BCUT2D eigenvalue weighted by molar-refractivity contribution is -0.137. The highest BCUT2D eigenvalue weighted by Crippen LogP contribution is 2.34. The maximum Gasteiger partial charge on any atom is 0.416 e. The number of alkyl halides is 3. The van der Waals surface area contributed by atoms with Crippen LogP contribution in [0, 0.1) is 5.82 Å². The summed E-state index contributed by atoms with van der Waals surface area (Å²) in [6, 6.07) is 4.80. The van der Waals surface area contributed by atoms with E-state index in [4.69, 9.17) is 9.47 Å². The fourth-order valence-electron chi connectivity index (χ4n) is 1.96. The second-order valence-corrected chi connectivity index (χ2v) is 6.50. The van der Waals surface area contributed by atoms with E-state index in [1.54, 1.807) is 0 Å². The van der Waals surface area contributed by atoms with Gasteiger partial charge in [-0.1, -0.05) is 0 Å². The lowest BCUT2D eigenvalue weighted by Crippen LogP contribution is -2.15. The van der Waals surface area contributed by atoms with Crippen LogP contribution in [-0.4, -0.2) is 22.6 Å². The number of methoxy groups -OCH3 is 2. The van der Waals surface area contributed by atoms with Crippen molar-refractivity contribution >= 4 is 15.7 Å². The van der Waals surface area contributed by atoms with Crippen molar-refractivity contribution in [1.82, 2.24) is 0 Å². The van der Waals surface area contributed by atoms with Gasteiger partial charge in [0.15, 0.2) is 17.3 Å². The Morgan fingerprint density at radius 3 is 1.96 bits per heavy atom. The average molecular weight is 379 g/mol. The molecule has 10 heteroatoms. The van der Waals surface area contributed by atoms with Crippen molar-refractivity contribution in [3.63, 3.8) is 0 Å². The van der Waals surface area contributed by atoms with E-state index in [1.165, 1.54) is 14.2 Å². The molecule has 0 aliphatic rings. The zero-order valence-corrected chi connectivity index (χ0v) is 13.8. The average Bonchev–Trinajstić information content (AvgIpc) is 2.55. The van der Waals surface area contributed by atoms with Gasteiger partial charge in [-0.2, -0.15) is 13.2 Å². The standard InChI is InChI=1S/C15H13F4NO4S/c1-23-13-7-11(16)12(8-14(13)24-2)20-25(21,22)10-5-3-9(4-6-10)15(17,18)19/h3-8,20H,1-2H3. The summed E-state index contributed by atoms with van der Waals surface area (Å²) in [5, 5.41) is 0. The normalized spacial score (nSPS) is 11.9. The highest BCUT2D eigenvalue weighted by molar-refractivity contribution is 7.92. The Morgan fingerprint density at radius 1 is 0.960 bits per heavy atom. The van der Waals surface area contributed by atoms with Crippen molar-refractivity contribution in [2.45, 2.75) is 11.1 Å². The van der Waals surface area contributed by atoms with Gasteiger partial charge in [0.25, 0.3) is 10.0 Å².